The van der Waals surface area contributed by atoms with Crippen LogP contribution in [0.15, 0.2) is 60.3 Å². The van der Waals surface area contributed by atoms with Crippen molar-refractivity contribution in [1.29, 1.82) is 0 Å². The smallest absolute Gasteiger partial charge is 0.278 e. The molecule has 2 aromatic rings. The molecule has 1 aliphatic rings. The summed E-state index contributed by atoms with van der Waals surface area (Å²) in [6.07, 6.45) is 1.63. The summed E-state index contributed by atoms with van der Waals surface area (Å²) < 4.78 is 5.66. The van der Waals surface area contributed by atoms with E-state index in [1.165, 1.54) is 4.90 Å². The fourth-order valence-corrected chi connectivity index (χ4v) is 3.02. The van der Waals surface area contributed by atoms with Crippen LogP contribution >= 0.6 is 0 Å². The predicted octanol–water partition coefficient (Wildman–Crippen LogP) is 4.08. The molecule has 0 aliphatic carbocycles. The first kappa shape index (κ1) is 18.7. The molecule has 5 nitrogen and oxygen atoms in total. The Labute approximate surface area is 159 Å². The Balaban J connectivity index is 1.97. The maximum Gasteiger partial charge on any atom is 0.278 e. The van der Waals surface area contributed by atoms with Gasteiger partial charge in [-0.2, -0.15) is 0 Å². The fraction of sp³-hybridized carbons (Fsp3) is 0.273. The molecule has 1 aliphatic heterocycles. The Kier molecular flexibility index (Phi) is 5.91. The molecule has 0 atom stereocenters. The molecule has 27 heavy (non-hydrogen) atoms. The van der Waals surface area contributed by atoms with E-state index >= 15 is 0 Å². The van der Waals surface area contributed by atoms with E-state index in [0.717, 1.165) is 17.7 Å². The highest BCUT2D eigenvalue weighted by atomic mass is 16.5. The van der Waals surface area contributed by atoms with Crippen molar-refractivity contribution in [3.05, 3.63) is 65.9 Å². The Morgan fingerprint density at radius 3 is 2.41 bits per heavy atom. The Hall–Kier alpha value is -3.08. The first-order valence-corrected chi connectivity index (χ1v) is 9.31. The number of ether oxygens (including phenoxy) is 1. The average Bonchev–Trinajstić information content (AvgIpc) is 2.92. The van der Waals surface area contributed by atoms with E-state index in [4.69, 9.17) is 4.74 Å². The van der Waals surface area contributed by atoms with Gasteiger partial charge in [0.2, 0.25) is 0 Å². The van der Waals surface area contributed by atoms with Crippen LogP contribution in [0.4, 0.5) is 5.69 Å². The highest BCUT2D eigenvalue weighted by Crippen LogP contribution is 2.31. The standard InChI is InChI=1S/C22H24N2O3/c1-3-13-24-21(25)19(16-9-6-5-7-10-16)20(22(24)26)23-17-11-8-12-18(15-17)27-14-4-2/h5-12,15,23H,3-4,13-14H2,1-2H3. The summed E-state index contributed by atoms with van der Waals surface area (Å²) in [5, 5.41) is 3.16. The molecule has 2 aromatic carbocycles. The van der Waals surface area contributed by atoms with Crippen molar-refractivity contribution >= 4 is 23.1 Å². The van der Waals surface area contributed by atoms with Gasteiger partial charge >= 0.3 is 0 Å². The molecule has 0 aromatic heterocycles. The van der Waals surface area contributed by atoms with E-state index in [1.807, 2.05) is 68.4 Å². The third kappa shape index (κ3) is 4.03. The number of anilines is 1. The maximum absolute atomic E-state index is 12.9. The summed E-state index contributed by atoms with van der Waals surface area (Å²) in [4.78, 5) is 27.1. The number of nitrogens with one attached hydrogen (secondary N) is 1. The van der Waals surface area contributed by atoms with E-state index in [1.54, 1.807) is 0 Å². The molecular formula is C22H24N2O3. The summed E-state index contributed by atoms with van der Waals surface area (Å²) in [5.41, 5.74) is 2.17. The van der Waals surface area contributed by atoms with Gasteiger partial charge in [-0.3, -0.25) is 14.5 Å². The van der Waals surface area contributed by atoms with Gasteiger partial charge in [0.25, 0.3) is 11.8 Å². The first-order chi connectivity index (χ1) is 13.2. The van der Waals surface area contributed by atoms with Crippen molar-refractivity contribution in [2.24, 2.45) is 0 Å². The van der Waals surface area contributed by atoms with E-state index in [-0.39, 0.29) is 11.8 Å². The molecule has 0 saturated carbocycles. The lowest BCUT2D eigenvalue weighted by Gasteiger charge is -2.14. The monoisotopic (exact) mass is 364 g/mol. The number of imide groups is 1. The molecule has 1 N–H and O–H groups in total. The van der Waals surface area contributed by atoms with E-state index < -0.39 is 0 Å². The second kappa shape index (κ2) is 8.54. The number of benzene rings is 2. The zero-order valence-electron chi connectivity index (χ0n) is 15.7. The topological polar surface area (TPSA) is 58.6 Å². The SMILES string of the molecule is CCCOc1cccc(NC2=C(c3ccccc3)C(=O)N(CCC)C2=O)c1. The van der Waals surface area contributed by atoms with Gasteiger partial charge in [0.05, 0.1) is 12.2 Å². The number of carbonyl (C=O) groups excluding carboxylic acids is 2. The van der Waals surface area contributed by atoms with Crippen LogP contribution in [0.3, 0.4) is 0 Å². The molecule has 0 bridgehead atoms. The van der Waals surface area contributed by atoms with Crippen molar-refractivity contribution in [2.75, 3.05) is 18.5 Å². The second-order valence-electron chi connectivity index (χ2n) is 6.38. The zero-order valence-corrected chi connectivity index (χ0v) is 15.7. The third-order valence-corrected chi connectivity index (χ3v) is 4.25. The molecule has 3 rings (SSSR count). The fourth-order valence-electron chi connectivity index (χ4n) is 3.02. The molecule has 0 unspecified atom stereocenters. The molecule has 0 saturated heterocycles. The zero-order chi connectivity index (χ0) is 19.2. The van der Waals surface area contributed by atoms with Gasteiger partial charge < -0.3 is 10.1 Å². The number of nitrogens with zero attached hydrogens (tertiary/aromatic N) is 1. The lowest BCUT2D eigenvalue weighted by molar-refractivity contribution is -0.136. The summed E-state index contributed by atoms with van der Waals surface area (Å²) >= 11 is 0. The van der Waals surface area contributed by atoms with Crippen LogP contribution in [0.5, 0.6) is 5.75 Å². The van der Waals surface area contributed by atoms with Crippen LogP contribution < -0.4 is 10.1 Å². The van der Waals surface area contributed by atoms with Crippen LogP contribution in [0.1, 0.15) is 32.3 Å². The molecule has 0 radical (unpaired) electrons. The second-order valence-corrected chi connectivity index (χ2v) is 6.38. The van der Waals surface area contributed by atoms with E-state index in [0.29, 0.717) is 36.5 Å². The number of amides is 2. The Bertz CT molecular complexity index is 859. The van der Waals surface area contributed by atoms with Gasteiger partial charge in [-0.25, -0.2) is 0 Å². The van der Waals surface area contributed by atoms with Gasteiger partial charge in [0, 0.05) is 18.3 Å². The van der Waals surface area contributed by atoms with Gasteiger partial charge in [0.1, 0.15) is 11.4 Å². The quantitative estimate of drug-likeness (QED) is 0.717. The Morgan fingerprint density at radius 1 is 0.926 bits per heavy atom. The van der Waals surface area contributed by atoms with Crippen molar-refractivity contribution in [3.8, 4) is 5.75 Å². The molecular weight excluding hydrogens is 340 g/mol. The summed E-state index contributed by atoms with van der Waals surface area (Å²) in [5.74, 6) is 0.181. The summed E-state index contributed by atoms with van der Waals surface area (Å²) in [6, 6.07) is 16.7. The number of hydrogen-bond donors (Lipinski definition) is 1. The molecule has 1 heterocycles. The normalized spacial score (nSPS) is 14.1. The average molecular weight is 364 g/mol. The summed E-state index contributed by atoms with van der Waals surface area (Å²) in [7, 11) is 0. The predicted molar refractivity (Wildman–Crippen MR) is 106 cm³/mol. The van der Waals surface area contributed by atoms with Gasteiger partial charge in [0.15, 0.2) is 0 Å². The third-order valence-electron chi connectivity index (χ3n) is 4.25. The van der Waals surface area contributed by atoms with Gasteiger partial charge in [-0.05, 0) is 30.5 Å². The van der Waals surface area contributed by atoms with Crippen LogP contribution in [-0.2, 0) is 9.59 Å². The van der Waals surface area contributed by atoms with Crippen LogP contribution in [0, 0.1) is 0 Å². The van der Waals surface area contributed by atoms with E-state index in [9.17, 15) is 9.59 Å². The minimum absolute atomic E-state index is 0.256. The number of rotatable bonds is 8. The van der Waals surface area contributed by atoms with Crippen molar-refractivity contribution in [1.82, 2.24) is 4.90 Å². The molecule has 140 valence electrons. The molecule has 0 fully saturated rings. The minimum atomic E-state index is -0.291. The Morgan fingerprint density at radius 2 is 1.70 bits per heavy atom. The molecule has 2 amide bonds. The van der Waals surface area contributed by atoms with Crippen LogP contribution in [0.25, 0.3) is 5.57 Å². The highest BCUT2D eigenvalue weighted by Gasteiger charge is 2.38. The van der Waals surface area contributed by atoms with Crippen molar-refractivity contribution in [3.63, 3.8) is 0 Å². The number of hydrogen-bond acceptors (Lipinski definition) is 4. The lowest BCUT2D eigenvalue weighted by atomic mass is 10.0. The van der Waals surface area contributed by atoms with Crippen LogP contribution in [-0.4, -0.2) is 29.9 Å². The minimum Gasteiger partial charge on any atom is -0.494 e. The van der Waals surface area contributed by atoms with E-state index in [2.05, 4.69) is 5.32 Å². The van der Waals surface area contributed by atoms with Crippen molar-refractivity contribution in [2.45, 2.75) is 26.7 Å². The lowest BCUT2D eigenvalue weighted by Crippen LogP contribution is -2.33. The highest BCUT2D eigenvalue weighted by molar-refractivity contribution is 6.36. The number of carbonyl (C=O) groups is 2. The van der Waals surface area contributed by atoms with Crippen molar-refractivity contribution < 1.29 is 14.3 Å². The first-order valence-electron chi connectivity index (χ1n) is 9.31. The molecule has 5 heteroatoms. The summed E-state index contributed by atoms with van der Waals surface area (Å²) in [6.45, 7) is 5.02. The largest absolute Gasteiger partial charge is 0.494 e. The van der Waals surface area contributed by atoms with Crippen LogP contribution in [0.2, 0.25) is 0 Å². The maximum atomic E-state index is 12.9. The molecule has 0 spiro atoms. The van der Waals surface area contributed by atoms with Gasteiger partial charge in [-0.1, -0.05) is 50.2 Å². The van der Waals surface area contributed by atoms with Gasteiger partial charge in [-0.15, -0.1) is 0 Å².